The summed E-state index contributed by atoms with van der Waals surface area (Å²) in [5.74, 6) is 1.05. The molecule has 2 N–H and O–H groups in total. The van der Waals surface area contributed by atoms with E-state index >= 15 is 0 Å². The van der Waals surface area contributed by atoms with Crippen LogP contribution in [0.2, 0.25) is 0 Å². The Morgan fingerprint density at radius 2 is 1.95 bits per heavy atom. The van der Waals surface area contributed by atoms with Gasteiger partial charge in [-0.15, -0.1) is 11.3 Å². The smallest absolute Gasteiger partial charge is 0.350 e. The zero-order chi connectivity index (χ0) is 14.3. The molecule has 1 saturated carbocycles. The number of esters is 1. The molecule has 110 valence electrons. The molecule has 0 unspecified atom stereocenters. The topological polar surface area (TPSA) is 55.6 Å². The van der Waals surface area contributed by atoms with E-state index in [9.17, 15) is 4.79 Å². The van der Waals surface area contributed by atoms with Crippen molar-refractivity contribution in [3.8, 4) is 0 Å². The summed E-state index contributed by atoms with van der Waals surface area (Å²) in [4.78, 5) is 14.9. The molecular formula is C15H22N2O2S. The van der Waals surface area contributed by atoms with E-state index < -0.39 is 0 Å². The van der Waals surface area contributed by atoms with Gasteiger partial charge < -0.3 is 15.4 Å². The number of carbonyl (C=O) groups is 1. The monoisotopic (exact) mass is 294 g/mol. The molecule has 1 aliphatic carbocycles. The number of thiophene rings is 1. The number of ether oxygens (including phenoxy) is 1. The lowest BCUT2D eigenvalue weighted by atomic mass is 9.99. The minimum Gasteiger partial charge on any atom is -0.465 e. The number of nitrogen functional groups attached to an aromatic ring is 1. The van der Waals surface area contributed by atoms with Gasteiger partial charge in [0.2, 0.25) is 0 Å². The molecule has 5 heteroatoms. The van der Waals surface area contributed by atoms with E-state index in [4.69, 9.17) is 10.5 Å². The molecule has 0 bridgehead atoms. The first-order valence-corrected chi connectivity index (χ1v) is 8.18. The molecular weight excluding hydrogens is 272 g/mol. The van der Waals surface area contributed by atoms with Crippen LogP contribution in [0.3, 0.4) is 0 Å². The highest BCUT2D eigenvalue weighted by molar-refractivity contribution is 7.18. The van der Waals surface area contributed by atoms with E-state index in [1.807, 2.05) is 0 Å². The Balaban J connectivity index is 1.94. The van der Waals surface area contributed by atoms with E-state index in [2.05, 4.69) is 11.8 Å². The van der Waals surface area contributed by atoms with Gasteiger partial charge in [-0.3, -0.25) is 0 Å². The second-order valence-corrected chi connectivity index (χ2v) is 7.00. The van der Waals surface area contributed by atoms with Gasteiger partial charge in [0, 0.05) is 18.7 Å². The summed E-state index contributed by atoms with van der Waals surface area (Å²) in [5.41, 5.74) is 8.12. The summed E-state index contributed by atoms with van der Waals surface area (Å²) in [6.07, 6.45) is 4.82. The quantitative estimate of drug-likeness (QED) is 0.870. The van der Waals surface area contributed by atoms with Crippen molar-refractivity contribution in [1.29, 1.82) is 0 Å². The van der Waals surface area contributed by atoms with Crippen LogP contribution in [-0.2, 0) is 4.74 Å². The Kier molecular flexibility index (Phi) is 3.63. The highest BCUT2D eigenvalue weighted by Crippen LogP contribution is 2.52. The first kappa shape index (κ1) is 13.7. The lowest BCUT2D eigenvalue weighted by molar-refractivity contribution is 0.0607. The fraction of sp³-hybridized carbons (Fsp3) is 0.667. The number of rotatable bonds is 3. The number of methoxy groups -OCH3 is 1. The zero-order valence-electron chi connectivity index (χ0n) is 12.1. The van der Waals surface area contributed by atoms with Gasteiger partial charge in [0.25, 0.3) is 0 Å². The standard InChI is InChI=1S/C15H22N2O2S/c1-9-5-7-17(8-6-9)14-11(10-3-4-10)12(16)13(20-14)15(18)19-2/h9-10H,3-8,16H2,1-2H3. The fourth-order valence-corrected chi connectivity index (χ4v) is 4.18. The number of piperidine rings is 1. The molecule has 4 nitrogen and oxygen atoms in total. The zero-order valence-corrected chi connectivity index (χ0v) is 13.0. The normalized spacial score (nSPS) is 20.2. The second-order valence-electron chi connectivity index (χ2n) is 6.00. The van der Waals surface area contributed by atoms with Crippen molar-refractivity contribution in [3.05, 3.63) is 10.4 Å². The first-order chi connectivity index (χ1) is 9.61. The van der Waals surface area contributed by atoms with Crippen molar-refractivity contribution in [1.82, 2.24) is 0 Å². The van der Waals surface area contributed by atoms with Crippen molar-refractivity contribution in [2.24, 2.45) is 5.92 Å². The third-order valence-electron chi connectivity index (χ3n) is 4.39. The lowest BCUT2D eigenvalue weighted by Gasteiger charge is -2.32. The molecule has 0 radical (unpaired) electrons. The second kappa shape index (κ2) is 5.28. The maximum atomic E-state index is 11.9. The number of hydrogen-bond donors (Lipinski definition) is 1. The fourth-order valence-electron chi connectivity index (χ4n) is 2.90. The molecule has 0 aromatic carbocycles. The van der Waals surface area contributed by atoms with Crippen molar-refractivity contribution in [2.45, 2.75) is 38.5 Å². The average Bonchev–Trinajstić information content (AvgIpc) is 3.22. The van der Waals surface area contributed by atoms with Crippen LogP contribution in [0.15, 0.2) is 0 Å². The minimum absolute atomic E-state index is 0.300. The molecule has 2 aliphatic rings. The van der Waals surface area contributed by atoms with Gasteiger partial charge in [0.1, 0.15) is 4.88 Å². The Hall–Kier alpha value is -1.23. The number of nitrogens with two attached hydrogens (primary N) is 1. The van der Waals surface area contributed by atoms with Crippen LogP contribution in [0.1, 0.15) is 53.8 Å². The number of hydrogen-bond acceptors (Lipinski definition) is 5. The number of carbonyl (C=O) groups excluding carboxylic acids is 1. The maximum Gasteiger partial charge on any atom is 0.350 e. The molecule has 1 saturated heterocycles. The van der Waals surface area contributed by atoms with Crippen LogP contribution >= 0.6 is 11.3 Å². The van der Waals surface area contributed by atoms with Crippen LogP contribution in [0, 0.1) is 5.92 Å². The van der Waals surface area contributed by atoms with E-state index in [0.717, 1.165) is 19.0 Å². The summed E-state index contributed by atoms with van der Waals surface area (Å²) in [6, 6.07) is 0. The summed E-state index contributed by atoms with van der Waals surface area (Å²) >= 11 is 1.52. The highest BCUT2D eigenvalue weighted by atomic mass is 32.1. The number of nitrogens with zero attached hydrogens (tertiary/aromatic N) is 1. The predicted octanol–water partition coefficient (Wildman–Crippen LogP) is 3.23. The average molecular weight is 294 g/mol. The lowest BCUT2D eigenvalue weighted by Crippen LogP contribution is -2.32. The van der Waals surface area contributed by atoms with Crippen LogP contribution in [0.25, 0.3) is 0 Å². The Morgan fingerprint density at radius 3 is 2.50 bits per heavy atom. The van der Waals surface area contributed by atoms with Gasteiger partial charge in [-0.25, -0.2) is 4.79 Å². The summed E-state index contributed by atoms with van der Waals surface area (Å²) in [5, 5.41) is 1.22. The van der Waals surface area contributed by atoms with Crippen molar-refractivity contribution < 1.29 is 9.53 Å². The first-order valence-electron chi connectivity index (χ1n) is 7.37. The SMILES string of the molecule is COC(=O)c1sc(N2CCC(C)CC2)c(C2CC2)c1N. The summed E-state index contributed by atoms with van der Waals surface area (Å²) in [7, 11) is 1.42. The summed E-state index contributed by atoms with van der Waals surface area (Å²) in [6.45, 7) is 4.45. The van der Waals surface area contributed by atoms with Gasteiger partial charge in [0.05, 0.1) is 17.8 Å². The van der Waals surface area contributed by atoms with Crippen molar-refractivity contribution in [3.63, 3.8) is 0 Å². The van der Waals surface area contributed by atoms with Gasteiger partial charge in [-0.1, -0.05) is 6.92 Å². The maximum absolute atomic E-state index is 11.9. The Labute approximate surface area is 123 Å². The van der Waals surface area contributed by atoms with E-state index in [1.165, 1.54) is 54.7 Å². The highest BCUT2D eigenvalue weighted by Gasteiger charge is 2.35. The molecule has 1 aromatic rings. The largest absolute Gasteiger partial charge is 0.465 e. The third-order valence-corrected chi connectivity index (χ3v) is 5.65. The van der Waals surface area contributed by atoms with Crippen LogP contribution in [0.5, 0.6) is 0 Å². The van der Waals surface area contributed by atoms with Crippen molar-refractivity contribution in [2.75, 3.05) is 30.8 Å². The van der Waals surface area contributed by atoms with E-state index in [-0.39, 0.29) is 5.97 Å². The Morgan fingerprint density at radius 1 is 1.30 bits per heavy atom. The van der Waals surface area contributed by atoms with E-state index in [1.54, 1.807) is 0 Å². The van der Waals surface area contributed by atoms with Crippen LogP contribution < -0.4 is 10.6 Å². The van der Waals surface area contributed by atoms with Gasteiger partial charge in [-0.2, -0.15) is 0 Å². The molecule has 1 aromatic heterocycles. The molecule has 0 atom stereocenters. The van der Waals surface area contributed by atoms with E-state index in [0.29, 0.717) is 16.5 Å². The van der Waals surface area contributed by atoms with Crippen LogP contribution in [-0.4, -0.2) is 26.2 Å². The minimum atomic E-state index is -0.300. The van der Waals surface area contributed by atoms with Crippen LogP contribution in [0.4, 0.5) is 10.7 Å². The number of anilines is 2. The Bertz CT molecular complexity index is 514. The molecule has 2 heterocycles. The summed E-state index contributed by atoms with van der Waals surface area (Å²) < 4.78 is 4.86. The predicted molar refractivity (Wildman–Crippen MR) is 82.7 cm³/mol. The van der Waals surface area contributed by atoms with Gasteiger partial charge in [0.15, 0.2) is 0 Å². The molecule has 0 spiro atoms. The molecule has 20 heavy (non-hydrogen) atoms. The molecule has 0 amide bonds. The van der Waals surface area contributed by atoms with Gasteiger partial charge >= 0.3 is 5.97 Å². The van der Waals surface area contributed by atoms with Crippen molar-refractivity contribution >= 4 is 28.0 Å². The molecule has 1 aliphatic heterocycles. The molecule has 3 rings (SSSR count). The van der Waals surface area contributed by atoms with Gasteiger partial charge in [-0.05, 0) is 37.5 Å². The third kappa shape index (κ3) is 2.39. The molecule has 2 fully saturated rings.